The predicted octanol–water partition coefficient (Wildman–Crippen LogP) is 4.64. The van der Waals surface area contributed by atoms with Gasteiger partial charge in [-0.1, -0.05) is 39.3 Å². The third-order valence-electron chi connectivity index (χ3n) is 6.55. The summed E-state index contributed by atoms with van der Waals surface area (Å²) in [6, 6.07) is 0. The fourth-order valence-corrected chi connectivity index (χ4v) is 4.35. The summed E-state index contributed by atoms with van der Waals surface area (Å²) in [7, 11) is 1.76. The maximum Gasteiger partial charge on any atom is 0.168 e. The average molecular weight is 368 g/mol. The first-order chi connectivity index (χ1) is 12.3. The van der Waals surface area contributed by atoms with Crippen molar-refractivity contribution in [1.82, 2.24) is 4.90 Å². The van der Waals surface area contributed by atoms with Crippen molar-refractivity contribution >= 4 is 0 Å². The monoisotopic (exact) mass is 367 g/mol. The van der Waals surface area contributed by atoms with E-state index in [9.17, 15) is 0 Å². The van der Waals surface area contributed by atoms with Crippen molar-refractivity contribution in [1.29, 1.82) is 0 Å². The van der Waals surface area contributed by atoms with Gasteiger partial charge in [0.2, 0.25) is 0 Å². The molecule has 2 fully saturated rings. The van der Waals surface area contributed by atoms with Crippen molar-refractivity contribution in [2.24, 2.45) is 11.3 Å². The lowest BCUT2D eigenvalue weighted by Crippen LogP contribution is -2.39. The quantitative estimate of drug-likeness (QED) is 0.526. The van der Waals surface area contributed by atoms with Crippen molar-refractivity contribution in [3.8, 4) is 0 Å². The van der Waals surface area contributed by atoms with Gasteiger partial charge in [0.15, 0.2) is 5.79 Å². The Balaban J connectivity index is 1.78. The fourth-order valence-electron chi connectivity index (χ4n) is 4.35. The smallest absolute Gasteiger partial charge is 0.168 e. The first-order valence-electron chi connectivity index (χ1n) is 10.5. The van der Waals surface area contributed by atoms with Crippen molar-refractivity contribution in [3.63, 3.8) is 0 Å². The summed E-state index contributed by atoms with van der Waals surface area (Å²) < 4.78 is 17.9. The molecule has 1 aliphatic heterocycles. The van der Waals surface area contributed by atoms with Crippen LogP contribution in [0.25, 0.3) is 0 Å². The van der Waals surface area contributed by atoms with E-state index in [0.29, 0.717) is 5.41 Å². The first-order valence-corrected chi connectivity index (χ1v) is 10.5. The Kier molecular flexibility index (Phi) is 8.14. The summed E-state index contributed by atoms with van der Waals surface area (Å²) in [5, 5.41) is 0. The van der Waals surface area contributed by atoms with Crippen LogP contribution in [0.1, 0.15) is 66.2 Å². The molecular weight excluding hydrogens is 326 g/mol. The minimum Gasteiger partial charge on any atom is -0.383 e. The number of hydrogen-bond acceptors (Lipinski definition) is 4. The zero-order chi connectivity index (χ0) is 19.2. The number of hydrogen-bond donors (Lipinski definition) is 0. The van der Waals surface area contributed by atoms with Crippen molar-refractivity contribution in [2.45, 2.75) is 78.1 Å². The van der Waals surface area contributed by atoms with Crippen LogP contribution in [0.2, 0.25) is 0 Å². The Morgan fingerprint density at radius 1 is 1.27 bits per heavy atom. The highest BCUT2D eigenvalue weighted by Crippen LogP contribution is 2.47. The van der Waals surface area contributed by atoms with Crippen LogP contribution in [0.5, 0.6) is 0 Å². The number of nitrogens with zero attached hydrogens (tertiary/aromatic N) is 1. The predicted molar refractivity (Wildman–Crippen MR) is 107 cm³/mol. The molecule has 1 heterocycles. The van der Waals surface area contributed by atoms with E-state index in [2.05, 4.69) is 39.2 Å². The Morgan fingerprint density at radius 2 is 1.96 bits per heavy atom. The lowest BCUT2D eigenvalue weighted by Gasteiger charge is -2.42. The second-order valence-electron chi connectivity index (χ2n) is 9.09. The molecule has 1 aliphatic carbocycles. The number of ether oxygens (including phenoxy) is 3. The van der Waals surface area contributed by atoms with Gasteiger partial charge in [-0.2, -0.15) is 0 Å². The maximum atomic E-state index is 6.44. The average Bonchev–Trinajstić information content (AvgIpc) is 3.00. The highest BCUT2D eigenvalue weighted by atomic mass is 16.7. The van der Waals surface area contributed by atoms with Gasteiger partial charge in [0, 0.05) is 39.6 Å². The fraction of sp³-hybridized carbons (Fsp3) is 0.909. The van der Waals surface area contributed by atoms with Gasteiger partial charge < -0.3 is 14.2 Å². The van der Waals surface area contributed by atoms with Gasteiger partial charge in [-0.25, -0.2) is 0 Å². The summed E-state index contributed by atoms with van der Waals surface area (Å²) in [5.41, 5.74) is 1.63. The van der Waals surface area contributed by atoms with E-state index in [4.69, 9.17) is 14.2 Å². The van der Waals surface area contributed by atoms with Crippen LogP contribution in [0.4, 0.5) is 0 Å². The summed E-state index contributed by atoms with van der Waals surface area (Å²) in [4.78, 5) is 2.40. The topological polar surface area (TPSA) is 30.9 Å². The lowest BCUT2D eigenvalue weighted by molar-refractivity contribution is -0.197. The van der Waals surface area contributed by atoms with Gasteiger partial charge in [-0.15, -0.1) is 0 Å². The van der Waals surface area contributed by atoms with E-state index in [-0.39, 0.29) is 11.9 Å². The van der Waals surface area contributed by atoms with Crippen LogP contribution >= 0.6 is 0 Å². The van der Waals surface area contributed by atoms with Gasteiger partial charge in [0.05, 0.1) is 19.3 Å². The molecule has 0 aromatic rings. The standard InChI is InChI=1S/C22H41NO3/c1-7-21(4,5)19-8-11-22(12-9-19)25-17-20(26-22)10-13-23(14-15-24-6)16-18(2)3/h19-20H,2,7-17H2,1,3-6H3. The van der Waals surface area contributed by atoms with Gasteiger partial charge >= 0.3 is 0 Å². The summed E-state index contributed by atoms with van der Waals surface area (Å²) in [6.45, 7) is 17.6. The highest BCUT2D eigenvalue weighted by Gasteiger charge is 2.46. The molecular formula is C22H41NO3. The Hall–Kier alpha value is -0.420. The molecule has 1 saturated carbocycles. The van der Waals surface area contributed by atoms with E-state index < -0.39 is 0 Å². The molecule has 2 rings (SSSR count). The molecule has 1 atom stereocenters. The summed E-state index contributed by atoms with van der Waals surface area (Å²) in [6.07, 6.45) is 7.04. The zero-order valence-corrected chi connectivity index (χ0v) is 17.8. The van der Waals surface area contributed by atoms with E-state index in [1.54, 1.807) is 7.11 Å². The number of rotatable bonds is 10. The van der Waals surface area contributed by atoms with E-state index in [1.807, 2.05) is 0 Å². The molecule has 1 spiro atoms. The molecule has 1 saturated heterocycles. The number of methoxy groups -OCH3 is 1. The third-order valence-corrected chi connectivity index (χ3v) is 6.55. The zero-order valence-electron chi connectivity index (χ0n) is 17.8. The van der Waals surface area contributed by atoms with Crippen LogP contribution in [0.15, 0.2) is 12.2 Å². The minimum atomic E-state index is -0.295. The van der Waals surface area contributed by atoms with E-state index >= 15 is 0 Å². The molecule has 0 N–H and O–H groups in total. The first kappa shape index (κ1) is 21.9. The summed E-state index contributed by atoms with van der Waals surface area (Å²) >= 11 is 0. The largest absolute Gasteiger partial charge is 0.383 e. The van der Waals surface area contributed by atoms with Crippen molar-refractivity contribution < 1.29 is 14.2 Å². The molecule has 4 heteroatoms. The molecule has 2 aliphatic rings. The van der Waals surface area contributed by atoms with Crippen molar-refractivity contribution in [3.05, 3.63) is 12.2 Å². The Labute approximate surface area is 161 Å². The minimum absolute atomic E-state index is 0.223. The van der Waals surface area contributed by atoms with Crippen LogP contribution < -0.4 is 0 Å². The molecule has 4 nitrogen and oxygen atoms in total. The van der Waals surface area contributed by atoms with Gasteiger partial charge in [-0.05, 0) is 37.5 Å². The molecule has 0 aromatic heterocycles. The van der Waals surface area contributed by atoms with Crippen molar-refractivity contribution in [2.75, 3.05) is 40.0 Å². The van der Waals surface area contributed by atoms with Crippen LogP contribution in [-0.4, -0.2) is 56.7 Å². The molecule has 0 aromatic carbocycles. The van der Waals surface area contributed by atoms with Crippen LogP contribution in [-0.2, 0) is 14.2 Å². The van der Waals surface area contributed by atoms with E-state index in [0.717, 1.165) is 58.0 Å². The molecule has 1 unspecified atom stereocenters. The van der Waals surface area contributed by atoms with Gasteiger partial charge in [0.25, 0.3) is 0 Å². The molecule has 0 bridgehead atoms. The Morgan fingerprint density at radius 3 is 2.54 bits per heavy atom. The van der Waals surface area contributed by atoms with E-state index in [1.165, 1.54) is 24.8 Å². The van der Waals surface area contributed by atoms with Crippen LogP contribution in [0, 0.1) is 11.3 Å². The summed E-state index contributed by atoms with van der Waals surface area (Å²) in [5.74, 6) is 0.501. The second kappa shape index (κ2) is 9.68. The molecule has 152 valence electrons. The van der Waals surface area contributed by atoms with Crippen LogP contribution in [0.3, 0.4) is 0 Å². The molecule has 26 heavy (non-hydrogen) atoms. The second-order valence-corrected chi connectivity index (χ2v) is 9.09. The molecule has 0 radical (unpaired) electrons. The normalized spacial score (nSPS) is 29.6. The highest BCUT2D eigenvalue weighted by molar-refractivity contribution is 4.93. The third kappa shape index (κ3) is 6.05. The lowest BCUT2D eigenvalue weighted by atomic mass is 9.68. The molecule has 0 amide bonds. The SMILES string of the molecule is C=C(C)CN(CCOC)CCC1COC2(CCC(C(C)(C)CC)CC2)O1. The Bertz CT molecular complexity index is 441. The maximum absolute atomic E-state index is 6.44. The van der Waals surface area contributed by atoms with Gasteiger partial charge in [-0.3, -0.25) is 4.90 Å². The van der Waals surface area contributed by atoms with Gasteiger partial charge in [0.1, 0.15) is 0 Å².